The standard InChI is InChI=1S/C15H20N4O3S3/c1-10-3-4-13(23-10)25(21,22)16-9-12-5-7-19(8-6-12)15(20)14-11(2)17-18-24-14/h3-4,12,16H,5-9H2,1-2H3. The van der Waals surface area contributed by atoms with Gasteiger partial charge in [-0.05, 0) is 56.3 Å². The van der Waals surface area contributed by atoms with Crippen molar-refractivity contribution in [3.8, 4) is 0 Å². The average Bonchev–Trinajstić information content (AvgIpc) is 3.22. The van der Waals surface area contributed by atoms with Crippen LogP contribution in [0.4, 0.5) is 0 Å². The van der Waals surface area contributed by atoms with E-state index in [4.69, 9.17) is 0 Å². The molecule has 1 fully saturated rings. The quantitative estimate of drug-likeness (QED) is 0.829. The Bertz CT molecular complexity index is 851. The number of aryl methyl sites for hydroxylation is 2. The van der Waals surface area contributed by atoms with Crippen molar-refractivity contribution in [1.29, 1.82) is 0 Å². The van der Waals surface area contributed by atoms with Gasteiger partial charge in [-0.1, -0.05) is 4.49 Å². The highest BCUT2D eigenvalue weighted by Crippen LogP contribution is 2.23. The SMILES string of the molecule is Cc1ccc(S(=O)(=O)NCC2CCN(C(=O)c3snnc3C)CC2)s1. The minimum atomic E-state index is -3.44. The van der Waals surface area contributed by atoms with Crippen molar-refractivity contribution in [3.63, 3.8) is 0 Å². The summed E-state index contributed by atoms with van der Waals surface area (Å²) in [6.07, 6.45) is 1.56. The third-order valence-electron chi connectivity index (χ3n) is 4.29. The van der Waals surface area contributed by atoms with Gasteiger partial charge in [0.05, 0.1) is 5.69 Å². The van der Waals surface area contributed by atoms with E-state index in [9.17, 15) is 13.2 Å². The summed E-state index contributed by atoms with van der Waals surface area (Å²) in [5.41, 5.74) is 0.663. The minimum Gasteiger partial charge on any atom is -0.338 e. The molecule has 0 aliphatic carbocycles. The highest BCUT2D eigenvalue weighted by molar-refractivity contribution is 7.91. The number of thiophene rings is 1. The molecule has 0 aromatic carbocycles. The number of aromatic nitrogens is 2. The van der Waals surface area contributed by atoms with Gasteiger partial charge in [0.2, 0.25) is 10.0 Å². The number of amides is 1. The Balaban J connectivity index is 1.51. The number of nitrogens with zero attached hydrogens (tertiary/aromatic N) is 3. The van der Waals surface area contributed by atoms with E-state index >= 15 is 0 Å². The highest BCUT2D eigenvalue weighted by atomic mass is 32.2. The third kappa shape index (κ3) is 4.25. The van der Waals surface area contributed by atoms with E-state index in [-0.39, 0.29) is 11.8 Å². The molecule has 0 unspecified atom stereocenters. The first-order chi connectivity index (χ1) is 11.9. The van der Waals surface area contributed by atoms with Crippen molar-refractivity contribution >= 4 is 38.8 Å². The average molecular weight is 401 g/mol. The van der Waals surface area contributed by atoms with Crippen molar-refractivity contribution in [1.82, 2.24) is 19.2 Å². The number of piperidine rings is 1. The lowest BCUT2D eigenvalue weighted by atomic mass is 9.97. The van der Waals surface area contributed by atoms with E-state index in [1.54, 1.807) is 24.0 Å². The van der Waals surface area contributed by atoms with Gasteiger partial charge in [-0.2, -0.15) is 0 Å². The fourth-order valence-electron chi connectivity index (χ4n) is 2.77. The van der Waals surface area contributed by atoms with Crippen LogP contribution in [0.25, 0.3) is 0 Å². The zero-order valence-electron chi connectivity index (χ0n) is 14.1. The fourth-order valence-corrected chi connectivity index (χ4v) is 5.84. The molecule has 1 aliphatic heterocycles. The van der Waals surface area contributed by atoms with Gasteiger partial charge in [-0.15, -0.1) is 16.4 Å². The van der Waals surface area contributed by atoms with Gasteiger partial charge in [0.25, 0.3) is 5.91 Å². The Hall–Kier alpha value is -1.36. The Morgan fingerprint density at radius 1 is 1.32 bits per heavy atom. The highest BCUT2D eigenvalue weighted by Gasteiger charge is 2.27. The fraction of sp³-hybridized carbons (Fsp3) is 0.533. The Morgan fingerprint density at radius 2 is 2.04 bits per heavy atom. The normalized spacial score (nSPS) is 16.3. The van der Waals surface area contributed by atoms with Crippen LogP contribution in [0.2, 0.25) is 0 Å². The number of rotatable bonds is 5. The molecular weight excluding hydrogens is 380 g/mol. The van der Waals surface area contributed by atoms with Crippen molar-refractivity contribution in [2.75, 3.05) is 19.6 Å². The lowest BCUT2D eigenvalue weighted by molar-refractivity contribution is 0.0696. The number of carbonyl (C=O) groups is 1. The van der Waals surface area contributed by atoms with Gasteiger partial charge in [-0.25, -0.2) is 13.1 Å². The van der Waals surface area contributed by atoms with Gasteiger partial charge >= 0.3 is 0 Å². The summed E-state index contributed by atoms with van der Waals surface area (Å²) >= 11 is 2.39. The maximum atomic E-state index is 12.4. The number of nitrogens with one attached hydrogen (secondary N) is 1. The second-order valence-electron chi connectivity index (χ2n) is 6.14. The van der Waals surface area contributed by atoms with Crippen LogP contribution < -0.4 is 4.72 Å². The molecule has 1 aliphatic rings. The van der Waals surface area contributed by atoms with E-state index in [2.05, 4.69) is 14.3 Å². The predicted octanol–water partition coefficient (Wildman–Crippen LogP) is 2.05. The lowest BCUT2D eigenvalue weighted by Crippen LogP contribution is -2.41. The van der Waals surface area contributed by atoms with Crippen LogP contribution in [0.1, 0.15) is 33.1 Å². The molecule has 1 amide bonds. The maximum Gasteiger partial charge on any atom is 0.267 e. The van der Waals surface area contributed by atoms with Crippen molar-refractivity contribution < 1.29 is 13.2 Å². The minimum absolute atomic E-state index is 0.0272. The van der Waals surface area contributed by atoms with Crippen LogP contribution in [0.3, 0.4) is 0 Å². The van der Waals surface area contributed by atoms with Gasteiger partial charge in [0, 0.05) is 24.5 Å². The molecule has 25 heavy (non-hydrogen) atoms. The molecule has 1 N–H and O–H groups in total. The zero-order valence-corrected chi connectivity index (χ0v) is 16.5. The van der Waals surface area contributed by atoms with Gasteiger partial charge in [0.15, 0.2) is 0 Å². The molecule has 1 saturated heterocycles. The van der Waals surface area contributed by atoms with E-state index in [1.807, 2.05) is 6.92 Å². The molecule has 3 rings (SSSR count). The van der Waals surface area contributed by atoms with Gasteiger partial charge in [-0.3, -0.25) is 4.79 Å². The van der Waals surface area contributed by atoms with Crippen molar-refractivity contribution in [3.05, 3.63) is 27.6 Å². The molecule has 136 valence electrons. The summed E-state index contributed by atoms with van der Waals surface area (Å²) in [5, 5.41) is 3.88. The van der Waals surface area contributed by atoms with Crippen LogP contribution in [-0.4, -0.2) is 48.4 Å². The van der Waals surface area contributed by atoms with Gasteiger partial charge in [0.1, 0.15) is 9.09 Å². The molecule has 0 bridgehead atoms. The first-order valence-electron chi connectivity index (χ1n) is 8.01. The molecule has 0 saturated carbocycles. The molecule has 7 nitrogen and oxygen atoms in total. The van der Waals surface area contributed by atoms with Crippen LogP contribution in [0, 0.1) is 19.8 Å². The molecule has 10 heteroatoms. The topological polar surface area (TPSA) is 92.3 Å². The number of likely N-dealkylation sites (tertiary alicyclic amines) is 1. The first-order valence-corrected chi connectivity index (χ1v) is 11.1. The van der Waals surface area contributed by atoms with Crippen LogP contribution in [-0.2, 0) is 10.0 Å². The second kappa shape index (κ2) is 7.48. The molecular formula is C15H20N4O3S3. The van der Waals surface area contributed by atoms with Crippen LogP contribution in [0.15, 0.2) is 16.3 Å². The monoisotopic (exact) mass is 400 g/mol. The van der Waals surface area contributed by atoms with Crippen molar-refractivity contribution in [2.24, 2.45) is 5.92 Å². The molecule has 0 spiro atoms. The number of sulfonamides is 1. The molecule has 2 aromatic heterocycles. The summed E-state index contributed by atoms with van der Waals surface area (Å²) in [6.45, 7) is 5.32. The van der Waals surface area contributed by atoms with Crippen LogP contribution in [0.5, 0.6) is 0 Å². The molecule has 0 radical (unpaired) electrons. The summed E-state index contributed by atoms with van der Waals surface area (Å²) in [4.78, 5) is 15.8. The molecule has 0 atom stereocenters. The van der Waals surface area contributed by atoms with E-state index in [1.165, 1.54) is 11.3 Å². The van der Waals surface area contributed by atoms with Gasteiger partial charge < -0.3 is 4.90 Å². The van der Waals surface area contributed by atoms with Crippen LogP contribution >= 0.6 is 22.9 Å². The van der Waals surface area contributed by atoms with E-state index in [0.29, 0.717) is 34.4 Å². The van der Waals surface area contributed by atoms with E-state index < -0.39 is 10.0 Å². The summed E-state index contributed by atoms with van der Waals surface area (Å²) in [7, 11) is -3.44. The Labute approximate surface area is 155 Å². The molecule has 2 aromatic rings. The zero-order chi connectivity index (χ0) is 18.0. The largest absolute Gasteiger partial charge is 0.338 e. The Kier molecular flexibility index (Phi) is 5.52. The number of hydrogen-bond donors (Lipinski definition) is 1. The number of hydrogen-bond acceptors (Lipinski definition) is 7. The summed E-state index contributed by atoms with van der Waals surface area (Å²) in [5.74, 6) is 0.209. The smallest absolute Gasteiger partial charge is 0.267 e. The second-order valence-corrected chi connectivity index (χ2v) is 10.2. The third-order valence-corrected chi connectivity index (χ3v) is 8.02. The van der Waals surface area contributed by atoms with E-state index in [0.717, 1.165) is 29.3 Å². The summed E-state index contributed by atoms with van der Waals surface area (Å²) < 4.78 is 31.4. The molecule has 3 heterocycles. The first kappa shape index (κ1) is 18.4. The van der Waals surface area contributed by atoms with Crippen molar-refractivity contribution in [2.45, 2.75) is 30.9 Å². The number of carbonyl (C=O) groups excluding carboxylic acids is 1. The maximum absolute atomic E-state index is 12.4. The Morgan fingerprint density at radius 3 is 2.60 bits per heavy atom. The lowest BCUT2D eigenvalue weighted by Gasteiger charge is -2.31. The summed E-state index contributed by atoms with van der Waals surface area (Å²) in [6, 6.07) is 3.44. The predicted molar refractivity (Wildman–Crippen MR) is 97.5 cm³/mol.